The third-order valence-corrected chi connectivity index (χ3v) is 6.46. The van der Waals surface area contributed by atoms with Gasteiger partial charge in [-0.15, -0.1) is 0 Å². The van der Waals surface area contributed by atoms with Crippen molar-refractivity contribution >= 4 is 16.9 Å². The van der Waals surface area contributed by atoms with Crippen molar-refractivity contribution < 1.29 is 4.79 Å². The molecule has 146 valence electrons. The molecule has 1 amide bonds. The van der Waals surface area contributed by atoms with Gasteiger partial charge in [-0.1, -0.05) is 12.1 Å². The number of nitrogens with one attached hydrogen (secondary N) is 3. The Hall–Kier alpha value is -2.63. The van der Waals surface area contributed by atoms with Gasteiger partial charge in [-0.2, -0.15) is 5.10 Å². The number of nitrogens with zero attached hydrogens (tertiary/aromatic N) is 2. The molecule has 1 fully saturated rings. The van der Waals surface area contributed by atoms with E-state index in [1.54, 1.807) is 0 Å². The Balaban J connectivity index is 1.15. The minimum absolute atomic E-state index is 0.0150. The normalized spacial score (nSPS) is 22.1. The van der Waals surface area contributed by atoms with Crippen LogP contribution in [0.25, 0.3) is 11.0 Å². The maximum absolute atomic E-state index is 12.6. The molecule has 0 unspecified atom stereocenters. The second kappa shape index (κ2) is 7.41. The lowest BCUT2D eigenvalue weighted by Gasteiger charge is -2.27. The molecule has 0 radical (unpaired) electrons. The smallest absolute Gasteiger partial charge is 0.272 e. The Morgan fingerprint density at radius 2 is 1.93 bits per heavy atom. The second-order valence-electron chi connectivity index (χ2n) is 8.30. The number of carbonyl (C=O) groups is 1. The highest BCUT2D eigenvalue weighted by molar-refractivity contribution is 5.94. The van der Waals surface area contributed by atoms with E-state index in [1.807, 2.05) is 12.1 Å². The number of benzene rings is 1. The Morgan fingerprint density at radius 1 is 1.11 bits per heavy atom. The minimum Gasteiger partial charge on any atom is -0.350 e. The van der Waals surface area contributed by atoms with Gasteiger partial charge in [0.05, 0.1) is 11.0 Å². The van der Waals surface area contributed by atoms with Crippen LogP contribution in [0.3, 0.4) is 0 Å². The van der Waals surface area contributed by atoms with Gasteiger partial charge in [-0.25, -0.2) is 4.98 Å². The number of hydrogen-bond donors (Lipinski definition) is 3. The Morgan fingerprint density at radius 3 is 2.79 bits per heavy atom. The second-order valence-corrected chi connectivity index (χ2v) is 8.30. The van der Waals surface area contributed by atoms with Crippen LogP contribution in [0.4, 0.5) is 0 Å². The number of fused-ring (bicyclic) bond motifs is 2. The zero-order valence-electron chi connectivity index (χ0n) is 16.1. The molecule has 2 heterocycles. The monoisotopic (exact) mass is 377 g/mol. The van der Waals surface area contributed by atoms with E-state index in [0.717, 1.165) is 79.6 Å². The summed E-state index contributed by atoms with van der Waals surface area (Å²) in [6.07, 6.45) is 8.82. The van der Waals surface area contributed by atoms with Crippen molar-refractivity contribution in [2.75, 3.05) is 6.54 Å². The maximum atomic E-state index is 12.6. The molecule has 2 aliphatic rings. The van der Waals surface area contributed by atoms with Gasteiger partial charge in [0, 0.05) is 23.7 Å². The van der Waals surface area contributed by atoms with Crippen LogP contribution in [0.1, 0.15) is 72.0 Å². The molecule has 0 saturated heterocycles. The maximum Gasteiger partial charge on any atom is 0.272 e. The van der Waals surface area contributed by atoms with E-state index < -0.39 is 0 Å². The van der Waals surface area contributed by atoms with E-state index in [0.29, 0.717) is 17.5 Å². The van der Waals surface area contributed by atoms with Crippen molar-refractivity contribution in [2.24, 2.45) is 5.92 Å². The average molecular weight is 377 g/mol. The van der Waals surface area contributed by atoms with Crippen LogP contribution in [0, 0.1) is 5.92 Å². The molecular weight excluding hydrogens is 350 g/mol. The first-order chi connectivity index (χ1) is 13.8. The first-order valence-electron chi connectivity index (χ1n) is 10.6. The fraction of sp³-hybridized carbons (Fsp3) is 0.500. The molecule has 5 rings (SSSR count). The van der Waals surface area contributed by atoms with E-state index in [4.69, 9.17) is 4.98 Å². The molecule has 3 aromatic rings. The molecule has 6 nitrogen and oxygen atoms in total. The van der Waals surface area contributed by atoms with Gasteiger partial charge in [0.15, 0.2) is 5.69 Å². The highest BCUT2D eigenvalue weighted by Crippen LogP contribution is 2.35. The minimum atomic E-state index is -0.0150. The van der Waals surface area contributed by atoms with Gasteiger partial charge in [-0.3, -0.25) is 9.89 Å². The van der Waals surface area contributed by atoms with Crippen LogP contribution in [-0.4, -0.2) is 32.6 Å². The summed E-state index contributed by atoms with van der Waals surface area (Å²) in [5, 5.41) is 10.5. The first-order valence-corrected chi connectivity index (χ1v) is 10.6. The molecule has 1 saturated carbocycles. The number of rotatable bonds is 4. The summed E-state index contributed by atoms with van der Waals surface area (Å²) in [5.74, 6) is 2.14. The fourth-order valence-corrected chi connectivity index (χ4v) is 4.80. The van der Waals surface area contributed by atoms with Gasteiger partial charge in [0.25, 0.3) is 5.91 Å². The van der Waals surface area contributed by atoms with Crippen LogP contribution < -0.4 is 5.32 Å². The molecule has 0 aliphatic heterocycles. The Bertz CT molecular complexity index is 947. The Labute approximate surface area is 164 Å². The highest BCUT2D eigenvalue weighted by Gasteiger charge is 2.26. The van der Waals surface area contributed by atoms with Gasteiger partial charge in [0.2, 0.25) is 0 Å². The third-order valence-electron chi connectivity index (χ3n) is 6.46. The van der Waals surface area contributed by atoms with E-state index in [-0.39, 0.29) is 5.91 Å². The standard InChI is InChI=1S/C22H27N5O/c28-22(20-16-5-1-2-6-17(16)26-27-20)23-13-14-9-11-15(12-10-14)21-24-18-7-3-4-8-19(18)25-21/h3-4,7-8,14-15H,1-2,5-6,9-13H2,(H,23,28)(H,24,25)(H,26,27). The number of aromatic amines is 2. The van der Waals surface area contributed by atoms with Gasteiger partial charge in [0.1, 0.15) is 5.82 Å². The van der Waals surface area contributed by atoms with Crippen molar-refractivity contribution in [1.29, 1.82) is 0 Å². The van der Waals surface area contributed by atoms with Crippen LogP contribution in [0.15, 0.2) is 24.3 Å². The predicted molar refractivity (Wildman–Crippen MR) is 108 cm³/mol. The van der Waals surface area contributed by atoms with E-state index in [2.05, 4.69) is 32.6 Å². The van der Waals surface area contributed by atoms with E-state index >= 15 is 0 Å². The SMILES string of the molecule is O=C(NCC1CCC(c2nc3ccccc3[nH]2)CC1)c1n[nH]c2c1CCCC2. The van der Waals surface area contributed by atoms with E-state index in [9.17, 15) is 4.79 Å². The van der Waals surface area contributed by atoms with E-state index in [1.165, 1.54) is 6.42 Å². The van der Waals surface area contributed by atoms with Crippen molar-refractivity contribution in [3.05, 3.63) is 47.0 Å². The van der Waals surface area contributed by atoms with Gasteiger partial charge < -0.3 is 10.3 Å². The highest BCUT2D eigenvalue weighted by atomic mass is 16.1. The lowest BCUT2D eigenvalue weighted by atomic mass is 9.81. The number of imidazole rings is 1. The zero-order chi connectivity index (χ0) is 18.9. The predicted octanol–water partition coefficient (Wildman–Crippen LogP) is 3.87. The van der Waals surface area contributed by atoms with Gasteiger partial charge in [-0.05, 0) is 69.4 Å². The number of H-pyrrole nitrogens is 2. The summed E-state index contributed by atoms with van der Waals surface area (Å²) in [6.45, 7) is 0.743. The number of aryl methyl sites for hydroxylation is 1. The Kier molecular flexibility index (Phi) is 4.63. The molecule has 0 atom stereocenters. The van der Waals surface area contributed by atoms with Crippen LogP contribution in [-0.2, 0) is 12.8 Å². The molecular formula is C22H27N5O. The lowest BCUT2D eigenvalue weighted by molar-refractivity contribution is 0.0936. The first kappa shape index (κ1) is 17.5. The van der Waals surface area contributed by atoms with Crippen LogP contribution in [0.5, 0.6) is 0 Å². The largest absolute Gasteiger partial charge is 0.350 e. The summed E-state index contributed by atoms with van der Waals surface area (Å²) >= 11 is 0. The molecule has 0 bridgehead atoms. The molecule has 1 aromatic carbocycles. The molecule has 28 heavy (non-hydrogen) atoms. The van der Waals surface area contributed by atoms with Crippen LogP contribution in [0.2, 0.25) is 0 Å². The number of para-hydroxylation sites is 2. The average Bonchev–Trinajstić information content (AvgIpc) is 3.36. The summed E-state index contributed by atoms with van der Waals surface area (Å²) in [7, 11) is 0. The van der Waals surface area contributed by atoms with Crippen molar-refractivity contribution in [2.45, 2.75) is 57.3 Å². The quantitative estimate of drug-likeness (QED) is 0.645. The number of amides is 1. The summed E-state index contributed by atoms with van der Waals surface area (Å²) in [4.78, 5) is 20.9. The number of hydrogen-bond acceptors (Lipinski definition) is 3. The van der Waals surface area contributed by atoms with Crippen LogP contribution >= 0.6 is 0 Å². The number of carbonyl (C=O) groups excluding carboxylic acids is 1. The van der Waals surface area contributed by atoms with Crippen molar-refractivity contribution in [3.8, 4) is 0 Å². The molecule has 2 aliphatic carbocycles. The van der Waals surface area contributed by atoms with Crippen molar-refractivity contribution in [1.82, 2.24) is 25.5 Å². The zero-order valence-corrected chi connectivity index (χ0v) is 16.1. The third kappa shape index (κ3) is 3.32. The topological polar surface area (TPSA) is 86.5 Å². The summed E-state index contributed by atoms with van der Waals surface area (Å²) < 4.78 is 0. The molecule has 3 N–H and O–H groups in total. The fourth-order valence-electron chi connectivity index (χ4n) is 4.80. The number of aromatic nitrogens is 4. The summed E-state index contributed by atoms with van der Waals surface area (Å²) in [5.41, 5.74) is 5.08. The molecule has 6 heteroatoms. The lowest BCUT2D eigenvalue weighted by Crippen LogP contribution is -2.32. The van der Waals surface area contributed by atoms with Gasteiger partial charge >= 0.3 is 0 Å². The van der Waals surface area contributed by atoms with Crippen molar-refractivity contribution in [3.63, 3.8) is 0 Å². The summed E-state index contributed by atoms with van der Waals surface area (Å²) in [6, 6.07) is 8.22. The molecule has 0 spiro atoms. The molecule has 2 aromatic heterocycles.